The summed E-state index contributed by atoms with van der Waals surface area (Å²) in [5, 5.41) is 17.3. The van der Waals surface area contributed by atoms with E-state index in [0.717, 1.165) is 0 Å². The summed E-state index contributed by atoms with van der Waals surface area (Å²) >= 11 is 12.5. The molecule has 1 aromatic heterocycles. The van der Waals surface area contributed by atoms with Crippen LogP contribution in [-0.4, -0.2) is 35.4 Å². The molecule has 142 valence electrons. The van der Waals surface area contributed by atoms with Crippen LogP contribution in [0, 0.1) is 18.3 Å². The van der Waals surface area contributed by atoms with Gasteiger partial charge in [-0.2, -0.15) is 10.4 Å². The third-order valence-corrected chi connectivity index (χ3v) is 4.31. The number of carbonyl (C=O) groups is 1. The fourth-order valence-corrected chi connectivity index (χ4v) is 2.87. The Balaban J connectivity index is 2.21. The van der Waals surface area contributed by atoms with Crippen molar-refractivity contribution in [1.82, 2.24) is 15.1 Å². The molecule has 0 unspecified atom stereocenters. The zero-order chi connectivity index (χ0) is 19.8. The second kappa shape index (κ2) is 10.1. The van der Waals surface area contributed by atoms with Crippen LogP contribution < -0.4 is 5.32 Å². The van der Waals surface area contributed by atoms with Gasteiger partial charge in [0, 0.05) is 30.3 Å². The van der Waals surface area contributed by atoms with E-state index in [2.05, 4.69) is 10.4 Å². The molecule has 0 atom stereocenters. The van der Waals surface area contributed by atoms with E-state index in [1.165, 1.54) is 10.8 Å². The fraction of sp³-hybridized carbons (Fsp3) is 0.316. The number of aromatic nitrogens is 2. The van der Waals surface area contributed by atoms with Crippen LogP contribution in [0.15, 0.2) is 29.8 Å². The fourth-order valence-electron chi connectivity index (χ4n) is 2.36. The first-order valence-corrected chi connectivity index (χ1v) is 9.22. The van der Waals surface area contributed by atoms with Gasteiger partial charge in [-0.15, -0.1) is 0 Å². The number of benzene rings is 1. The lowest BCUT2D eigenvalue weighted by Gasteiger charge is -2.05. The van der Waals surface area contributed by atoms with Gasteiger partial charge in [0.2, 0.25) is 0 Å². The Morgan fingerprint density at radius 1 is 1.44 bits per heavy atom. The lowest BCUT2D eigenvalue weighted by atomic mass is 10.1. The van der Waals surface area contributed by atoms with Gasteiger partial charge in [-0.25, -0.2) is 4.68 Å². The molecule has 6 nitrogen and oxygen atoms in total. The van der Waals surface area contributed by atoms with Gasteiger partial charge < -0.3 is 10.1 Å². The molecule has 1 amide bonds. The Bertz CT molecular complexity index is 884. The second-order valence-corrected chi connectivity index (χ2v) is 6.45. The van der Waals surface area contributed by atoms with Crippen LogP contribution in [0.1, 0.15) is 24.6 Å². The molecule has 0 fully saturated rings. The minimum Gasteiger partial charge on any atom is -0.382 e. The highest BCUT2D eigenvalue weighted by Crippen LogP contribution is 2.26. The standard InChI is InChI=1S/C19H20Cl2N4O2/c1-3-27-9-5-8-23-19(26)14(12-22)10-17-13(2)24-25(18(17)21)16-7-4-6-15(20)11-16/h4,6-7,10-11H,3,5,8-9H2,1-2H3,(H,23,26)/b14-10+. The first-order valence-electron chi connectivity index (χ1n) is 8.46. The second-order valence-electron chi connectivity index (χ2n) is 5.66. The first kappa shape index (κ1) is 21.0. The van der Waals surface area contributed by atoms with Crippen LogP contribution in [0.3, 0.4) is 0 Å². The summed E-state index contributed by atoms with van der Waals surface area (Å²) in [5.41, 5.74) is 1.76. The van der Waals surface area contributed by atoms with Gasteiger partial charge in [0.15, 0.2) is 0 Å². The monoisotopic (exact) mass is 406 g/mol. The van der Waals surface area contributed by atoms with Gasteiger partial charge in [-0.3, -0.25) is 4.79 Å². The number of hydrogen-bond donors (Lipinski definition) is 1. The Morgan fingerprint density at radius 2 is 2.22 bits per heavy atom. The van der Waals surface area contributed by atoms with E-state index < -0.39 is 5.91 Å². The third-order valence-electron chi connectivity index (χ3n) is 3.71. The van der Waals surface area contributed by atoms with Crippen LogP contribution in [0.4, 0.5) is 0 Å². The molecule has 27 heavy (non-hydrogen) atoms. The quantitative estimate of drug-likeness (QED) is 0.409. The summed E-state index contributed by atoms with van der Waals surface area (Å²) in [7, 11) is 0. The summed E-state index contributed by atoms with van der Waals surface area (Å²) < 4.78 is 6.73. The van der Waals surface area contributed by atoms with E-state index >= 15 is 0 Å². The molecule has 0 saturated heterocycles. The SMILES string of the molecule is CCOCCCNC(=O)/C(C#N)=C/c1c(C)nn(-c2cccc(Cl)c2)c1Cl. The molecule has 0 radical (unpaired) electrons. The molecule has 1 heterocycles. The van der Waals surface area contributed by atoms with E-state index in [9.17, 15) is 10.1 Å². The van der Waals surface area contributed by atoms with Crippen molar-refractivity contribution in [2.75, 3.05) is 19.8 Å². The average molecular weight is 407 g/mol. The van der Waals surface area contributed by atoms with Gasteiger partial charge in [-0.1, -0.05) is 29.3 Å². The molecule has 2 rings (SSSR count). The number of ether oxygens (including phenoxy) is 1. The summed E-state index contributed by atoms with van der Waals surface area (Å²) in [5.74, 6) is -0.458. The molecule has 0 bridgehead atoms. The average Bonchev–Trinajstić information content (AvgIpc) is 2.93. The van der Waals surface area contributed by atoms with Crippen LogP contribution >= 0.6 is 23.2 Å². The van der Waals surface area contributed by atoms with Crippen molar-refractivity contribution in [1.29, 1.82) is 5.26 Å². The highest BCUT2D eigenvalue weighted by Gasteiger charge is 2.16. The molecular formula is C19H20Cl2N4O2. The van der Waals surface area contributed by atoms with E-state index in [4.69, 9.17) is 27.9 Å². The van der Waals surface area contributed by atoms with Crippen LogP contribution in [0.5, 0.6) is 0 Å². The molecule has 1 aromatic carbocycles. The maximum Gasteiger partial charge on any atom is 0.261 e. The van der Waals surface area contributed by atoms with Crippen LogP contribution in [0.2, 0.25) is 10.2 Å². The number of amides is 1. The number of nitrogens with zero attached hydrogens (tertiary/aromatic N) is 3. The smallest absolute Gasteiger partial charge is 0.261 e. The number of rotatable bonds is 8. The minimum absolute atomic E-state index is 0.0398. The lowest BCUT2D eigenvalue weighted by molar-refractivity contribution is -0.117. The summed E-state index contributed by atoms with van der Waals surface area (Å²) in [6.45, 7) is 5.27. The molecule has 8 heteroatoms. The van der Waals surface area contributed by atoms with Crippen molar-refractivity contribution in [3.63, 3.8) is 0 Å². The van der Waals surface area contributed by atoms with E-state index in [1.807, 2.05) is 19.1 Å². The van der Waals surface area contributed by atoms with Crippen LogP contribution in [0.25, 0.3) is 11.8 Å². The Morgan fingerprint density at radius 3 is 2.89 bits per heavy atom. The van der Waals surface area contributed by atoms with Gasteiger partial charge in [0.1, 0.15) is 16.8 Å². The molecule has 0 aliphatic rings. The number of aryl methyl sites for hydroxylation is 1. The van der Waals surface area contributed by atoms with Crippen molar-refractivity contribution >= 4 is 35.2 Å². The van der Waals surface area contributed by atoms with Gasteiger partial charge in [-0.05, 0) is 44.5 Å². The summed E-state index contributed by atoms with van der Waals surface area (Å²) in [6, 6.07) is 8.99. The van der Waals surface area contributed by atoms with Gasteiger partial charge >= 0.3 is 0 Å². The van der Waals surface area contributed by atoms with Crippen molar-refractivity contribution in [2.45, 2.75) is 20.3 Å². The molecular weight excluding hydrogens is 387 g/mol. The van der Waals surface area contributed by atoms with E-state index in [1.54, 1.807) is 25.1 Å². The highest BCUT2D eigenvalue weighted by atomic mass is 35.5. The zero-order valence-electron chi connectivity index (χ0n) is 15.1. The van der Waals surface area contributed by atoms with E-state index in [0.29, 0.717) is 53.3 Å². The van der Waals surface area contributed by atoms with Crippen molar-refractivity contribution < 1.29 is 9.53 Å². The molecule has 2 aromatic rings. The molecule has 1 N–H and O–H groups in total. The summed E-state index contributed by atoms with van der Waals surface area (Å²) in [6.07, 6.45) is 2.12. The normalized spacial score (nSPS) is 11.3. The molecule has 0 saturated carbocycles. The minimum atomic E-state index is -0.458. The van der Waals surface area contributed by atoms with Gasteiger partial charge in [0.25, 0.3) is 5.91 Å². The Hall–Kier alpha value is -2.33. The zero-order valence-corrected chi connectivity index (χ0v) is 16.6. The number of halogens is 2. The largest absolute Gasteiger partial charge is 0.382 e. The number of hydrogen-bond acceptors (Lipinski definition) is 4. The van der Waals surface area contributed by atoms with Crippen LogP contribution in [-0.2, 0) is 9.53 Å². The maximum atomic E-state index is 12.2. The highest BCUT2D eigenvalue weighted by molar-refractivity contribution is 6.32. The number of carbonyl (C=O) groups excluding carboxylic acids is 1. The maximum absolute atomic E-state index is 12.2. The van der Waals surface area contributed by atoms with Crippen molar-refractivity contribution in [3.05, 3.63) is 51.3 Å². The van der Waals surface area contributed by atoms with Crippen molar-refractivity contribution in [3.8, 4) is 11.8 Å². The Labute approximate surface area is 168 Å². The predicted octanol–water partition coefficient (Wildman–Crippen LogP) is 3.94. The lowest BCUT2D eigenvalue weighted by Crippen LogP contribution is -2.26. The third kappa shape index (κ3) is 5.57. The van der Waals surface area contributed by atoms with E-state index in [-0.39, 0.29) is 5.57 Å². The molecule has 0 spiro atoms. The number of nitrogens with one attached hydrogen (secondary N) is 1. The van der Waals surface area contributed by atoms with Crippen molar-refractivity contribution in [2.24, 2.45) is 0 Å². The Kier molecular flexibility index (Phi) is 7.86. The topological polar surface area (TPSA) is 79.9 Å². The predicted molar refractivity (Wildman–Crippen MR) is 106 cm³/mol. The molecule has 0 aliphatic carbocycles. The number of nitriles is 1. The van der Waals surface area contributed by atoms with Gasteiger partial charge in [0.05, 0.1) is 11.4 Å². The first-order chi connectivity index (χ1) is 13.0. The molecule has 0 aliphatic heterocycles. The summed E-state index contributed by atoms with van der Waals surface area (Å²) in [4.78, 5) is 12.2.